The van der Waals surface area contributed by atoms with Crippen LogP contribution in [0.15, 0.2) is 0 Å². The maximum absolute atomic E-state index is 11.9. The highest BCUT2D eigenvalue weighted by Crippen LogP contribution is 2.26. The molecular formula is C8H13F3O2. The number of ether oxygens (including phenoxy) is 1. The van der Waals surface area contributed by atoms with Crippen molar-refractivity contribution in [2.24, 2.45) is 5.92 Å². The lowest BCUT2D eigenvalue weighted by atomic mass is 10.2. The summed E-state index contributed by atoms with van der Waals surface area (Å²) in [5, 5.41) is 0. The van der Waals surface area contributed by atoms with Crippen molar-refractivity contribution in [1.29, 1.82) is 0 Å². The summed E-state index contributed by atoms with van der Waals surface area (Å²) < 4.78 is 40.1. The molecule has 13 heavy (non-hydrogen) atoms. The predicted octanol–water partition coefficient (Wildman–Crippen LogP) is 2.53. The molecule has 78 valence electrons. The first-order chi connectivity index (χ1) is 5.89. The van der Waals surface area contributed by atoms with Gasteiger partial charge in [-0.3, -0.25) is 4.79 Å². The Morgan fingerprint density at radius 3 is 2.38 bits per heavy atom. The summed E-state index contributed by atoms with van der Waals surface area (Å²) in [7, 11) is 0. The Balaban J connectivity index is 3.84. The van der Waals surface area contributed by atoms with E-state index in [1.54, 1.807) is 0 Å². The molecule has 0 radical (unpaired) electrons. The zero-order valence-corrected chi connectivity index (χ0v) is 7.65. The molecule has 0 aliphatic heterocycles. The Morgan fingerprint density at radius 2 is 2.00 bits per heavy atom. The maximum Gasteiger partial charge on any atom is 0.401 e. The van der Waals surface area contributed by atoms with Crippen LogP contribution in [0.5, 0.6) is 0 Å². The minimum Gasteiger partial charge on any atom is -0.465 e. The van der Waals surface area contributed by atoms with Gasteiger partial charge in [0.1, 0.15) is 5.92 Å². The average molecular weight is 198 g/mol. The minimum atomic E-state index is -4.50. The van der Waals surface area contributed by atoms with Crippen molar-refractivity contribution in [3.8, 4) is 0 Å². The molecule has 0 spiro atoms. The Morgan fingerprint density at radius 1 is 1.46 bits per heavy atom. The third kappa shape index (κ3) is 4.75. The van der Waals surface area contributed by atoms with Gasteiger partial charge >= 0.3 is 12.1 Å². The molecule has 0 amide bonds. The average Bonchev–Trinajstić information content (AvgIpc) is 2.01. The van der Waals surface area contributed by atoms with Crippen molar-refractivity contribution >= 4 is 5.97 Å². The standard InChI is InChI=1S/C8H13F3O2/c1-3-4-5-13-7(12)6(2)8(9,10)11/h6H,3-5H2,1-2H3. The van der Waals surface area contributed by atoms with Crippen LogP contribution < -0.4 is 0 Å². The number of hydrogen-bond acceptors (Lipinski definition) is 2. The lowest BCUT2D eigenvalue weighted by Gasteiger charge is -2.14. The second-order valence-electron chi connectivity index (χ2n) is 2.78. The third-order valence-corrected chi connectivity index (χ3v) is 1.59. The van der Waals surface area contributed by atoms with E-state index in [9.17, 15) is 18.0 Å². The predicted molar refractivity (Wildman–Crippen MR) is 41.1 cm³/mol. The third-order valence-electron chi connectivity index (χ3n) is 1.59. The van der Waals surface area contributed by atoms with Crippen molar-refractivity contribution < 1.29 is 22.7 Å². The van der Waals surface area contributed by atoms with E-state index in [0.717, 1.165) is 13.3 Å². The van der Waals surface area contributed by atoms with Gasteiger partial charge in [-0.2, -0.15) is 13.2 Å². The number of unbranched alkanes of at least 4 members (excludes halogenated alkanes) is 1. The Kier molecular flexibility index (Phi) is 4.80. The van der Waals surface area contributed by atoms with Crippen LogP contribution in [0.3, 0.4) is 0 Å². The van der Waals surface area contributed by atoms with Crippen LogP contribution in [0.1, 0.15) is 26.7 Å². The van der Waals surface area contributed by atoms with E-state index in [0.29, 0.717) is 6.42 Å². The van der Waals surface area contributed by atoms with Crippen LogP contribution >= 0.6 is 0 Å². The molecule has 0 heterocycles. The van der Waals surface area contributed by atoms with Crippen LogP contribution in [0.4, 0.5) is 13.2 Å². The van der Waals surface area contributed by atoms with Gasteiger partial charge in [-0.15, -0.1) is 0 Å². The second kappa shape index (κ2) is 5.09. The lowest BCUT2D eigenvalue weighted by molar-refractivity contribution is -0.194. The molecule has 5 heteroatoms. The van der Waals surface area contributed by atoms with Crippen LogP contribution in [0.25, 0.3) is 0 Å². The largest absolute Gasteiger partial charge is 0.465 e. The number of carbonyl (C=O) groups excluding carboxylic acids is 1. The van der Waals surface area contributed by atoms with Gasteiger partial charge in [0.25, 0.3) is 0 Å². The molecule has 0 aromatic heterocycles. The quantitative estimate of drug-likeness (QED) is 0.512. The Hall–Kier alpha value is -0.740. The summed E-state index contributed by atoms with van der Waals surface area (Å²) in [6.45, 7) is 2.73. The van der Waals surface area contributed by atoms with Gasteiger partial charge in [0.2, 0.25) is 0 Å². The Labute approximate surface area is 75.1 Å². The van der Waals surface area contributed by atoms with Crippen LogP contribution in [-0.2, 0) is 9.53 Å². The fraction of sp³-hybridized carbons (Fsp3) is 0.875. The molecule has 0 aromatic carbocycles. The summed E-state index contributed by atoms with van der Waals surface area (Å²) in [5.74, 6) is -3.22. The molecule has 0 fully saturated rings. The molecule has 0 saturated carbocycles. The molecule has 0 rings (SSSR count). The van der Waals surface area contributed by atoms with Crippen molar-refractivity contribution in [2.45, 2.75) is 32.9 Å². The maximum atomic E-state index is 11.9. The fourth-order valence-electron chi connectivity index (χ4n) is 0.576. The molecule has 1 unspecified atom stereocenters. The highest BCUT2D eigenvalue weighted by molar-refractivity contribution is 5.72. The molecule has 0 N–H and O–H groups in total. The van der Waals surface area contributed by atoms with Crippen molar-refractivity contribution in [2.75, 3.05) is 6.61 Å². The number of rotatable bonds is 4. The van der Waals surface area contributed by atoms with E-state index >= 15 is 0 Å². The highest BCUT2D eigenvalue weighted by Gasteiger charge is 2.42. The van der Waals surface area contributed by atoms with Crippen LogP contribution in [-0.4, -0.2) is 18.8 Å². The van der Waals surface area contributed by atoms with E-state index in [1.807, 2.05) is 6.92 Å². The first-order valence-electron chi connectivity index (χ1n) is 4.13. The van der Waals surface area contributed by atoms with Gasteiger partial charge in [-0.25, -0.2) is 0 Å². The monoisotopic (exact) mass is 198 g/mol. The number of esters is 1. The summed E-state index contributed by atoms with van der Waals surface area (Å²) in [6.07, 6.45) is -3.12. The molecule has 0 bridgehead atoms. The van der Waals surface area contributed by atoms with Gasteiger partial charge in [0.05, 0.1) is 6.61 Å². The normalized spacial score (nSPS) is 13.9. The van der Waals surface area contributed by atoms with Crippen molar-refractivity contribution in [1.82, 2.24) is 0 Å². The highest BCUT2D eigenvalue weighted by atomic mass is 19.4. The molecule has 0 aliphatic carbocycles. The lowest BCUT2D eigenvalue weighted by Crippen LogP contribution is -2.29. The van der Waals surface area contributed by atoms with Crippen LogP contribution in [0, 0.1) is 5.92 Å². The molecule has 1 atom stereocenters. The van der Waals surface area contributed by atoms with Gasteiger partial charge in [0.15, 0.2) is 0 Å². The number of halogens is 3. The number of hydrogen-bond donors (Lipinski definition) is 0. The zero-order valence-electron chi connectivity index (χ0n) is 7.65. The van der Waals surface area contributed by atoms with E-state index < -0.39 is 18.1 Å². The summed E-state index contributed by atoms with van der Waals surface area (Å²) in [6, 6.07) is 0. The van der Waals surface area contributed by atoms with E-state index in [4.69, 9.17) is 0 Å². The van der Waals surface area contributed by atoms with Crippen molar-refractivity contribution in [3.63, 3.8) is 0 Å². The Bertz CT molecular complexity index is 165. The van der Waals surface area contributed by atoms with Gasteiger partial charge in [-0.1, -0.05) is 13.3 Å². The molecule has 0 aromatic rings. The van der Waals surface area contributed by atoms with Crippen LogP contribution in [0.2, 0.25) is 0 Å². The summed E-state index contributed by atoms with van der Waals surface area (Å²) >= 11 is 0. The second-order valence-corrected chi connectivity index (χ2v) is 2.78. The number of alkyl halides is 3. The van der Waals surface area contributed by atoms with Gasteiger partial charge < -0.3 is 4.74 Å². The first kappa shape index (κ1) is 12.3. The number of carbonyl (C=O) groups is 1. The van der Waals surface area contributed by atoms with E-state index in [1.165, 1.54) is 0 Å². The van der Waals surface area contributed by atoms with Gasteiger partial charge in [-0.05, 0) is 13.3 Å². The molecule has 2 nitrogen and oxygen atoms in total. The zero-order chi connectivity index (χ0) is 10.5. The molecular weight excluding hydrogens is 185 g/mol. The minimum absolute atomic E-state index is 0.0652. The smallest absolute Gasteiger partial charge is 0.401 e. The molecule has 0 saturated heterocycles. The SMILES string of the molecule is CCCCOC(=O)C(C)C(F)(F)F. The topological polar surface area (TPSA) is 26.3 Å². The molecule has 0 aliphatic rings. The van der Waals surface area contributed by atoms with E-state index in [2.05, 4.69) is 4.74 Å². The summed E-state index contributed by atoms with van der Waals surface area (Å²) in [4.78, 5) is 10.7. The fourth-order valence-corrected chi connectivity index (χ4v) is 0.576. The summed E-state index contributed by atoms with van der Waals surface area (Å²) in [5.41, 5.74) is 0. The first-order valence-corrected chi connectivity index (χ1v) is 4.13. The van der Waals surface area contributed by atoms with Gasteiger partial charge in [0, 0.05) is 0 Å². The van der Waals surface area contributed by atoms with Crippen molar-refractivity contribution in [3.05, 3.63) is 0 Å². The van der Waals surface area contributed by atoms with E-state index in [-0.39, 0.29) is 6.61 Å².